The SMILES string of the molecule is CC/C=C\C/C=C\C/C=C\C/C=C\C/C=C\CCCCCC(=O)OCC(COP(=O)(O)OCC(O)COP(=O)(O)OCC(COC(=O)CCCCCCC/C=C\C/C=C\CCCCC)OC(=O)CCCCCCCCCCCCCCCCC)OC(=O)CCCCCCC/C=C\C/C=C\CCCCC. The number of allylic oxidation sites excluding steroid dienone is 18. The van der Waals surface area contributed by atoms with Gasteiger partial charge in [-0.3, -0.25) is 37.3 Å². The van der Waals surface area contributed by atoms with Crippen molar-refractivity contribution in [2.24, 2.45) is 0 Å². The molecule has 600 valence electrons. The van der Waals surface area contributed by atoms with Gasteiger partial charge in [-0.2, -0.15) is 0 Å². The molecule has 0 fully saturated rings. The van der Waals surface area contributed by atoms with E-state index >= 15 is 0 Å². The molecule has 0 spiro atoms. The summed E-state index contributed by atoms with van der Waals surface area (Å²) in [6, 6.07) is 0. The fourth-order valence-electron chi connectivity index (χ4n) is 11.0. The highest BCUT2D eigenvalue weighted by atomic mass is 31.2. The maximum absolute atomic E-state index is 13.1. The molecule has 0 radical (unpaired) electrons. The number of phosphoric acid groups is 2. The van der Waals surface area contributed by atoms with Gasteiger partial charge in [-0.1, -0.05) is 298 Å². The molecule has 0 aromatic rings. The van der Waals surface area contributed by atoms with Crippen LogP contribution in [0.3, 0.4) is 0 Å². The smallest absolute Gasteiger partial charge is 0.462 e. The molecule has 0 bridgehead atoms. The molecular formula is C85H148O17P2. The molecule has 5 atom stereocenters. The summed E-state index contributed by atoms with van der Waals surface area (Å²) in [7, 11) is -9.97. The number of aliphatic hydroxyl groups is 1. The Labute approximate surface area is 632 Å². The first-order chi connectivity index (χ1) is 50.7. The van der Waals surface area contributed by atoms with Crippen molar-refractivity contribution in [2.75, 3.05) is 39.6 Å². The van der Waals surface area contributed by atoms with E-state index in [-0.39, 0.29) is 25.7 Å². The molecule has 3 N–H and O–H groups in total. The zero-order chi connectivity index (χ0) is 76.0. The standard InChI is InChI=1S/C85H148O17P2/c1-5-9-13-17-21-25-29-33-37-38-39-40-44-46-50-54-58-62-66-70-83(88)96-76-81(102-85(90)72-68-64-60-56-52-48-43-36-32-28-24-20-16-12-8-4)78-100-104(93,94)98-74-79(86)73-97-103(91,92)99-77-80(101-84(89)71-67-63-59-55-51-47-42-35-31-27-23-19-15-11-7-3)75-95-82(87)69-65-61-57-53-49-45-41-34-30-26-22-18-14-10-6-2/h9,13,21-22,24-26,28,33-34,36-37,39-41,43,46,50,79-81,86H,5-8,10-12,14-20,23,27,29-32,35,38,42,44-45,47-49,51-78H2,1-4H3,(H,91,92)(H,93,94)/b13-9-,25-21-,26-22-,28-24-,37-33-,40-39-,41-34-,43-36-,50-46-. The Balaban J connectivity index is 5.40. The Morgan fingerprint density at radius 3 is 0.798 bits per heavy atom. The van der Waals surface area contributed by atoms with Gasteiger partial charge in [-0.25, -0.2) is 9.13 Å². The van der Waals surface area contributed by atoms with Crippen LogP contribution in [0.25, 0.3) is 0 Å². The molecule has 0 aliphatic rings. The first-order valence-corrected chi connectivity index (χ1v) is 44.1. The van der Waals surface area contributed by atoms with Crippen LogP contribution in [-0.4, -0.2) is 96.7 Å². The molecule has 19 heteroatoms. The molecule has 0 heterocycles. The highest BCUT2D eigenvalue weighted by molar-refractivity contribution is 7.47. The van der Waals surface area contributed by atoms with E-state index in [1.807, 2.05) is 0 Å². The number of hydrogen-bond donors (Lipinski definition) is 3. The average Bonchev–Trinajstić information content (AvgIpc) is 0.918. The van der Waals surface area contributed by atoms with Crippen LogP contribution < -0.4 is 0 Å². The van der Waals surface area contributed by atoms with Crippen LogP contribution in [0, 0.1) is 0 Å². The van der Waals surface area contributed by atoms with Gasteiger partial charge in [0.25, 0.3) is 0 Å². The summed E-state index contributed by atoms with van der Waals surface area (Å²) in [6.07, 6.45) is 83.4. The summed E-state index contributed by atoms with van der Waals surface area (Å²) in [5, 5.41) is 10.7. The summed E-state index contributed by atoms with van der Waals surface area (Å²) in [4.78, 5) is 73.1. The van der Waals surface area contributed by atoms with Crippen LogP contribution in [0.15, 0.2) is 109 Å². The highest BCUT2D eigenvalue weighted by Gasteiger charge is 2.30. The quantitative estimate of drug-likeness (QED) is 0.0169. The van der Waals surface area contributed by atoms with Crippen LogP contribution in [0.1, 0.15) is 349 Å². The molecule has 17 nitrogen and oxygen atoms in total. The molecule has 0 saturated carbocycles. The molecule has 0 aromatic carbocycles. The first-order valence-electron chi connectivity index (χ1n) is 41.1. The summed E-state index contributed by atoms with van der Waals surface area (Å²) in [6.45, 7) is 4.69. The Bertz CT molecular complexity index is 2390. The summed E-state index contributed by atoms with van der Waals surface area (Å²) < 4.78 is 68.7. The van der Waals surface area contributed by atoms with Crippen molar-refractivity contribution in [1.82, 2.24) is 0 Å². The van der Waals surface area contributed by atoms with Crippen LogP contribution in [0.5, 0.6) is 0 Å². The lowest BCUT2D eigenvalue weighted by molar-refractivity contribution is -0.161. The van der Waals surface area contributed by atoms with E-state index in [0.29, 0.717) is 25.7 Å². The molecule has 5 unspecified atom stereocenters. The van der Waals surface area contributed by atoms with Gasteiger partial charge in [0.1, 0.15) is 19.3 Å². The monoisotopic (exact) mass is 1500 g/mol. The van der Waals surface area contributed by atoms with Gasteiger partial charge in [0, 0.05) is 25.7 Å². The van der Waals surface area contributed by atoms with Crippen LogP contribution in [0.4, 0.5) is 0 Å². The molecule has 0 aliphatic carbocycles. The lowest BCUT2D eigenvalue weighted by Crippen LogP contribution is -2.30. The summed E-state index contributed by atoms with van der Waals surface area (Å²) in [5.74, 6) is -2.22. The minimum Gasteiger partial charge on any atom is -0.462 e. The van der Waals surface area contributed by atoms with E-state index in [1.165, 1.54) is 103 Å². The minimum absolute atomic E-state index is 0.0702. The minimum atomic E-state index is -4.99. The molecule has 0 rings (SSSR count). The van der Waals surface area contributed by atoms with E-state index in [2.05, 4.69) is 137 Å². The molecule has 0 aliphatic heterocycles. The zero-order valence-corrected chi connectivity index (χ0v) is 67.5. The molecular weight excluding hydrogens is 1350 g/mol. The van der Waals surface area contributed by atoms with Crippen molar-refractivity contribution in [2.45, 2.75) is 367 Å². The molecule has 104 heavy (non-hydrogen) atoms. The van der Waals surface area contributed by atoms with Crippen LogP contribution >= 0.6 is 15.6 Å². The van der Waals surface area contributed by atoms with Gasteiger partial charge in [-0.05, 0) is 135 Å². The van der Waals surface area contributed by atoms with Crippen molar-refractivity contribution >= 4 is 39.5 Å². The highest BCUT2D eigenvalue weighted by Crippen LogP contribution is 2.45. The number of phosphoric ester groups is 2. The number of aliphatic hydroxyl groups excluding tert-OH is 1. The number of unbranched alkanes of at least 4 members (excludes halogenated alkanes) is 33. The lowest BCUT2D eigenvalue weighted by atomic mass is 10.0. The number of ether oxygens (including phenoxy) is 4. The second kappa shape index (κ2) is 76.9. The zero-order valence-electron chi connectivity index (χ0n) is 65.7. The van der Waals surface area contributed by atoms with Crippen LogP contribution in [-0.2, 0) is 65.4 Å². The second-order valence-electron chi connectivity index (χ2n) is 27.3. The van der Waals surface area contributed by atoms with Gasteiger partial charge in [0.15, 0.2) is 12.2 Å². The van der Waals surface area contributed by atoms with Gasteiger partial charge in [0.05, 0.1) is 26.4 Å². The maximum atomic E-state index is 13.1. The third-order valence-electron chi connectivity index (χ3n) is 17.2. The van der Waals surface area contributed by atoms with E-state index in [9.17, 15) is 43.2 Å². The van der Waals surface area contributed by atoms with Crippen molar-refractivity contribution in [3.8, 4) is 0 Å². The van der Waals surface area contributed by atoms with Gasteiger partial charge < -0.3 is 33.8 Å². The lowest BCUT2D eigenvalue weighted by Gasteiger charge is -2.21. The predicted molar refractivity (Wildman–Crippen MR) is 427 cm³/mol. The third kappa shape index (κ3) is 75.9. The average molecular weight is 1500 g/mol. The Hall–Kier alpha value is -4.28. The normalized spacial score (nSPS) is 14.4. The van der Waals surface area contributed by atoms with E-state index < -0.39 is 97.5 Å². The third-order valence-corrected chi connectivity index (χ3v) is 19.1. The molecule has 0 saturated heterocycles. The Kier molecular flexibility index (Phi) is 73.7. The number of hydrogen-bond acceptors (Lipinski definition) is 15. The van der Waals surface area contributed by atoms with Gasteiger partial charge in [-0.15, -0.1) is 0 Å². The van der Waals surface area contributed by atoms with E-state index in [0.717, 1.165) is 167 Å². The largest absolute Gasteiger partial charge is 0.472 e. The van der Waals surface area contributed by atoms with Crippen molar-refractivity contribution in [3.63, 3.8) is 0 Å². The maximum Gasteiger partial charge on any atom is 0.472 e. The topological polar surface area (TPSA) is 237 Å². The summed E-state index contributed by atoms with van der Waals surface area (Å²) >= 11 is 0. The first kappa shape index (κ1) is 99.7. The second-order valence-corrected chi connectivity index (χ2v) is 30.2. The number of carbonyl (C=O) groups is 4. The van der Waals surface area contributed by atoms with E-state index in [4.69, 9.17) is 37.0 Å². The fraction of sp³-hybridized carbons (Fsp3) is 0.741. The molecule has 0 amide bonds. The van der Waals surface area contributed by atoms with Crippen molar-refractivity contribution < 1.29 is 80.2 Å². The fourth-order valence-corrected chi connectivity index (χ4v) is 12.5. The number of esters is 4. The number of rotatable bonds is 77. The Morgan fingerprint density at radius 2 is 0.500 bits per heavy atom. The van der Waals surface area contributed by atoms with Gasteiger partial charge >= 0.3 is 39.5 Å². The van der Waals surface area contributed by atoms with Crippen molar-refractivity contribution in [3.05, 3.63) is 109 Å². The number of carbonyl (C=O) groups excluding carboxylic acids is 4. The van der Waals surface area contributed by atoms with Crippen LogP contribution in [0.2, 0.25) is 0 Å². The Morgan fingerprint density at radius 1 is 0.279 bits per heavy atom. The summed E-state index contributed by atoms with van der Waals surface area (Å²) in [5.41, 5.74) is 0. The molecule has 0 aromatic heterocycles. The van der Waals surface area contributed by atoms with Gasteiger partial charge in [0.2, 0.25) is 0 Å². The van der Waals surface area contributed by atoms with E-state index in [1.54, 1.807) is 0 Å². The predicted octanol–water partition coefficient (Wildman–Crippen LogP) is 24.1. The van der Waals surface area contributed by atoms with Crippen molar-refractivity contribution in [1.29, 1.82) is 0 Å².